The molecule has 1 heterocycles. The molecule has 2 rings (SSSR count). The number of aromatic nitrogens is 1. The van der Waals surface area contributed by atoms with Crippen LogP contribution in [-0.2, 0) is 0 Å². The molecule has 0 aliphatic rings. The van der Waals surface area contributed by atoms with E-state index in [4.69, 9.17) is 0 Å². The number of amides is 2. The molecule has 2 amide bonds. The number of urea groups is 1. The van der Waals surface area contributed by atoms with E-state index in [9.17, 15) is 14.9 Å². The molecular weight excluding hydrogens is 296 g/mol. The van der Waals surface area contributed by atoms with Crippen molar-refractivity contribution in [2.24, 2.45) is 0 Å². The van der Waals surface area contributed by atoms with E-state index in [1.807, 2.05) is 19.1 Å². The van der Waals surface area contributed by atoms with Gasteiger partial charge in [0.1, 0.15) is 0 Å². The minimum atomic E-state index is -0.461. The molecule has 0 aliphatic heterocycles. The Bertz CT molecular complexity index is 732. The summed E-state index contributed by atoms with van der Waals surface area (Å²) < 4.78 is 0. The molecular formula is C16H18N4O3. The number of aryl methyl sites for hydroxylation is 2. The lowest BCUT2D eigenvalue weighted by molar-refractivity contribution is -0.385. The Morgan fingerprint density at radius 3 is 2.48 bits per heavy atom. The topological polar surface area (TPSA) is 97.2 Å². The third kappa shape index (κ3) is 4.03. The minimum absolute atomic E-state index is 0.0203. The van der Waals surface area contributed by atoms with Crippen LogP contribution in [0, 0.1) is 24.0 Å². The lowest BCUT2D eigenvalue weighted by atomic mass is 10.1. The molecule has 0 radical (unpaired) electrons. The van der Waals surface area contributed by atoms with Gasteiger partial charge in [-0.3, -0.25) is 15.1 Å². The fourth-order valence-electron chi connectivity index (χ4n) is 2.26. The fraction of sp³-hybridized carbons (Fsp3) is 0.250. The molecule has 0 bridgehead atoms. The number of nitro groups is 1. The van der Waals surface area contributed by atoms with E-state index in [0.29, 0.717) is 11.3 Å². The predicted molar refractivity (Wildman–Crippen MR) is 87.4 cm³/mol. The summed E-state index contributed by atoms with van der Waals surface area (Å²) in [6, 6.07) is 6.05. The lowest BCUT2D eigenvalue weighted by Crippen LogP contribution is -2.31. The summed E-state index contributed by atoms with van der Waals surface area (Å²) in [5.41, 5.74) is 2.64. The summed E-state index contributed by atoms with van der Waals surface area (Å²) in [6.07, 6.45) is 3.30. The van der Waals surface area contributed by atoms with Crippen LogP contribution in [0.5, 0.6) is 0 Å². The van der Waals surface area contributed by atoms with Gasteiger partial charge in [-0.1, -0.05) is 0 Å². The maximum atomic E-state index is 12.1. The molecule has 23 heavy (non-hydrogen) atoms. The van der Waals surface area contributed by atoms with E-state index in [0.717, 1.165) is 11.1 Å². The first-order valence-electron chi connectivity index (χ1n) is 7.11. The summed E-state index contributed by atoms with van der Waals surface area (Å²) in [5, 5.41) is 16.5. The first-order valence-corrected chi connectivity index (χ1v) is 7.11. The van der Waals surface area contributed by atoms with Crippen LogP contribution < -0.4 is 10.6 Å². The Kier molecular flexibility index (Phi) is 4.90. The number of hydrogen-bond donors (Lipinski definition) is 2. The van der Waals surface area contributed by atoms with Gasteiger partial charge in [0.25, 0.3) is 5.69 Å². The third-order valence-corrected chi connectivity index (χ3v) is 3.54. The molecule has 0 fully saturated rings. The molecule has 1 aromatic heterocycles. The van der Waals surface area contributed by atoms with E-state index in [1.54, 1.807) is 32.3 Å². The Labute approximate surface area is 133 Å². The highest BCUT2D eigenvalue weighted by atomic mass is 16.6. The van der Waals surface area contributed by atoms with Gasteiger partial charge in [0.15, 0.2) is 0 Å². The number of rotatable bonds is 4. The number of anilines is 1. The van der Waals surface area contributed by atoms with Gasteiger partial charge in [-0.2, -0.15) is 0 Å². The zero-order chi connectivity index (χ0) is 17.0. The lowest BCUT2D eigenvalue weighted by Gasteiger charge is -2.16. The average Bonchev–Trinajstić information content (AvgIpc) is 2.50. The molecule has 120 valence electrons. The molecule has 7 heteroatoms. The van der Waals surface area contributed by atoms with Crippen molar-refractivity contribution in [1.29, 1.82) is 0 Å². The van der Waals surface area contributed by atoms with E-state index in [-0.39, 0.29) is 11.7 Å². The summed E-state index contributed by atoms with van der Waals surface area (Å²) in [7, 11) is 0. The number of carbonyl (C=O) groups excluding carboxylic acids is 1. The van der Waals surface area contributed by atoms with E-state index in [2.05, 4.69) is 15.6 Å². The molecule has 1 atom stereocenters. The van der Waals surface area contributed by atoms with E-state index >= 15 is 0 Å². The number of hydrogen-bond acceptors (Lipinski definition) is 4. The summed E-state index contributed by atoms with van der Waals surface area (Å²) >= 11 is 0. The third-order valence-electron chi connectivity index (χ3n) is 3.54. The Morgan fingerprint density at radius 1 is 1.22 bits per heavy atom. The molecule has 0 aliphatic carbocycles. The first kappa shape index (κ1) is 16.4. The number of nitro benzene ring substituents is 1. The molecule has 7 nitrogen and oxygen atoms in total. The number of benzene rings is 1. The van der Waals surface area contributed by atoms with Gasteiger partial charge >= 0.3 is 6.03 Å². The second-order valence-electron chi connectivity index (χ2n) is 5.31. The van der Waals surface area contributed by atoms with E-state index < -0.39 is 11.0 Å². The molecule has 1 unspecified atom stereocenters. The van der Waals surface area contributed by atoms with Crippen molar-refractivity contribution >= 4 is 17.4 Å². The Morgan fingerprint density at radius 2 is 1.87 bits per heavy atom. The van der Waals surface area contributed by atoms with Gasteiger partial charge in [0, 0.05) is 24.0 Å². The number of pyridine rings is 1. The second-order valence-corrected chi connectivity index (χ2v) is 5.31. The molecule has 0 saturated heterocycles. The van der Waals surface area contributed by atoms with Gasteiger partial charge in [-0.25, -0.2) is 4.79 Å². The summed E-state index contributed by atoms with van der Waals surface area (Å²) in [6.45, 7) is 5.30. The smallest absolute Gasteiger partial charge is 0.319 e. The molecule has 2 N–H and O–H groups in total. The van der Waals surface area contributed by atoms with E-state index in [1.165, 1.54) is 6.07 Å². The normalized spacial score (nSPS) is 11.6. The van der Waals surface area contributed by atoms with Crippen LogP contribution in [0.2, 0.25) is 0 Å². The molecule has 2 aromatic rings. The number of nitrogens with zero attached hydrogens (tertiary/aromatic N) is 2. The average molecular weight is 314 g/mol. The zero-order valence-electron chi connectivity index (χ0n) is 13.2. The molecule has 0 spiro atoms. The van der Waals surface area contributed by atoms with Gasteiger partial charge < -0.3 is 10.6 Å². The van der Waals surface area contributed by atoms with Gasteiger partial charge in [-0.05, 0) is 50.1 Å². The molecule has 0 saturated carbocycles. The highest BCUT2D eigenvalue weighted by molar-refractivity contribution is 5.91. The Hall–Kier alpha value is -2.96. The highest BCUT2D eigenvalue weighted by Crippen LogP contribution is 2.26. The number of carbonyl (C=O) groups is 1. The van der Waals surface area contributed by atoms with Crippen LogP contribution >= 0.6 is 0 Å². The maximum Gasteiger partial charge on any atom is 0.319 e. The van der Waals surface area contributed by atoms with Crippen LogP contribution in [-0.4, -0.2) is 15.9 Å². The van der Waals surface area contributed by atoms with Gasteiger partial charge in [-0.15, -0.1) is 0 Å². The van der Waals surface area contributed by atoms with Crippen molar-refractivity contribution in [3.63, 3.8) is 0 Å². The van der Waals surface area contributed by atoms with Crippen LogP contribution in [0.3, 0.4) is 0 Å². The van der Waals surface area contributed by atoms with Crippen molar-refractivity contribution in [3.05, 3.63) is 63.5 Å². The van der Waals surface area contributed by atoms with Crippen LogP contribution in [0.4, 0.5) is 16.2 Å². The maximum absolute atomic E-state index is 12.1. The fourth-order valence-corrected chi connectivity index (χ4v) is 2.26. The van der Waals surface area contributed by atoms with Crippen molar-refractivity contribution in [2.75, 3.05) is 5.32 Å². The SMILES string of the molecule is Cc1cc(C)c([N+](=O)[O-])cc1NC(=O)NC(C)c1ccncc1. The van der Waals surface area contributed by atoms with Crippen LogP contribution in [0.1, 0.15) is 29.7 Å². The van der Waals surface area contributed by atoms with Crippen LogP contribution in [0.25, 0.3) is 0 Å². The predicted octanol–water partition coefficient (Wildman–Crippen LogP) is 3.49. The van der Waals surface area contributed by atoms with Gasteiger partial charge in [0.05, 0.1) is 16.7 Å². The summed E-state index contributed by atoms with van der Waals surface area (Å²) in [4.78, 5) is 26.6. The van der Waals surface area contributed by atoms with Crippen molar-refractivity contribution < 1.29 is 9.72 Å². The standard InChI is InChI=1S/C16H18N4O3/c1-10-8-11(2)15(20(22)23)9-14(10)19-16(21)18-12(3)13-4-6-17-7-5-13/h4-9,12H,1-3H3,(H2,18,19,21). The minimum Gasteiger partial charge on any atom is -0.331 e. The first-order chi connectivity index (χ1) is 10.9. The second kappa shape index (κ2) is 6.87. The monoisotopic (exact) mass is 314 g/mol. The van der Waals surface area contributed by atoms with Gasteiger partial charge in [0.2, 0.25) is 0 Å². The zero-order valence-corrected chi connectivity index (χ0v) is 13.2. The van der Waals surface area contributed by atoms with Crippen molar-refractivity contribution in [3.8, 4) is 0 Å². The highest BCUT2D eigenvalue weighted by Gasteiger charge is 2.16. The largest absolute Gasteiger partial charge is 0.331 e. The quantitative estimate of drug-likeness (QED) is 0.666. The van der Waals surface area contributed by atoms with Crippen molar-refractivity contribution in [2.45, 2.75) is 26.8 Å². The summed E-state index contributed by atoms with van der Waals surface area (Å²) in [5.74, 6) is 0. The Balaban J connectivity index is 2.11. The molecule has 1 aromatic carbocycles. The van der Waals surface area contributed by atoms with Crippen LogP contribution in [0.15, 0.2) is 36.7 Å². The van der Waals surface area contributed by atoms with Crippen molar-refractivity contribution in [1.82, 2.24) is 10.3 Å². The number of nitrogens with one attached hydrogen (secondary N) is 2.